The lowest BCUT2D eigenvalue weighted by atomic mass is 10.1. The minimum absolute atomic E-state index is 0.516. The first-order valence-electron chi connectivity index (χ1n) is 17.0. The van der Waals surface area contributed by atoms with E-state index in [2.05, 4.69) is 33.5 Å². The summed E-state index contributed by atoms with van der Waals surface area (Å²) < 4.78 is 71.5. The molecule has 0 aliphatic heterocycles. The molecule has 0 bridgehead atoms. The van der Waals surface area contributed by atoms with Gasteiger partial charge in [0.05, 0.1) is 159 Å². The summed E-state index contributed by atoms with van der Waals surface area (Å²) in [7, 11) is -1.45. The Labute approximate surface area is 280 Å². The topological polar surface area (TPSA) is 120 Å². The van der Waals surface area contributed by atoms with E-state index < -0.39 is 8.32 Å². The fraction of sp³-hybridized carbons (Fsp3) is 1.00. The van der Waals surface area contributed by atoms with Crippen LogP contribution in [0.4, 0.5) is 0 Å². The molecule has 0 aromatic rings. The van der Waals surface area contributed by atoms with Gasteiger partial charge in [-0.05, 0) is 25.6 Å². The first kappa shape index (κ1) is 45.7. The van der Waals surface area contributed by atoms with Crippen LogP contribution in [0.3, 0.4) is 0 Å². The van der Waals surface area contributed by atoms with Crippen LogP contribution in [0.25, 0.3) is 0 Å². The largest absolute Gasteiger partial charge is 0.415 e. The van der Waals surface area contributed by atoms with Crippen molar-refractivity contribution in [2.45, 2.75) is 39.9 Å². The van der Waals surface area contributed by atoms with Crippen molar-refractivity contribution in [2.75, 3.05) is 165 Å². The summed E-state index contributed by atoms with van der Waals surface area (Å²) in [5.41, 5.74) is 0. The van der Waals surface area contributed by atoms with E-state index in [0.29, 0.717) is 164 Å². The van der Waals surface area contributed by atoms with Gasteiger partial charge < -0.3 is 61.3 Å². The Kier molecular flexibility index (Phi) is 37.3. The number of hydrogen-bond donors (Lipinski definition) is 0. The lowest BCUT2D eigenvalue weighted by Gasteiger charge is -2.16. The van der Waals surface area contributed by atoms with Crippen LogP contribution < -0.4 is 0 Å². The zero-order chi connectivity index (χ0) is 33.7. The Balaban J connectivity index is 3.06. The highest BCUT2D eigenvalue weighted by atomic mass is 28.4. The Morgan fingerprint density at radius 2 is 0.522 bits per heavy atom. The van der Waals surface area contributed by atoms with Crippen LogP contribution in [0.2, 0.25) is 19.6 Å². The lowest BCUT2D eigenvalue weighted by Crippen LogP contribution is -2.27. The molecule has 0 aliphatic rings. The molecule has 46 heavy (non-hydrogen) atoms. The van der Waals surface area contributed by atoms with E-state index in [1.54, 1.807) is 0 Å². The van der Waals surface area contributed by atoms with E-state index in [0.717, 1.165) is 13.0 Å². The first-order valence-corrected chi connectivity index (χ1v) is 20.4. The van der Waals surface area contributed by atoms with Gasteiger partial charge in [0.15, 0.2) is 8.32 Å². The molecule has 1 unspecified atom stereocenters. The Morgan fingerprint density at radius 1 is 0.326 bits per heavy atom. The quantitative estimate of drug-likeness (QED) is 0.0694. The molecule has 0 spiro atoms. The second-order valence-electron chi connectivity index (χ2n) is 11.3. The Bertz CT molecular complexity index is 573. The smallest absolute Gasteiger partial charge is 0.183 e. The van der Waals surface area contributed by atoms with Gasteiger partial charge in [-0.2, -0.15) is 0 Å². The van der Waals surface area contributed by atoms with Crippen LogP contribution in [0.1, 0.15) is 20.3 Å². The van der Waals surface area contributed by atoms with Gasteiger partial charge in [-0.3, -0.25) is 0 Å². The summed E-state index contributed by atoms with van der Waals surface area (Å²) in [5.74, 6) is 0.598. The van der Waals surface area contributed by atoms with E-state index in [1.165, 1.54) is 0 Å². The van der Waals surface area contributed by atoms with Crippen molar-refractivity contribution < 1.29 is 61.3 Å². The molecular weight excluding hydrogens is 620 g/mol. The minimum atomic E-state index is -1.45. The normalized spacial score (nSPS) is 12.7. The summed E-state index contributed by atoms with van der Waals surface area (Å²) in [6.07, 6.45) is 1.13. The van der Waals surface area contributed by atoms with Gasteiger partial charge in [0.25, 0.3) is 0 Å². The van der Waals surface area contributed by atoms with Crippen LogP contribution in [0.15, 0.2) is 0 Å². The number of rotatable bonds is 40. The molecule has 0 fully saturated rings. The predicted octanol–water partition coefficient (Wildman–Crippen LogP) is 3.08. The first-order chi connectivity index (χ1) is 22.5. The van der Waals surface area contributed by atoms with Crippen molar-refractivity contribution in [1.82, 2.24) is 0 Å². The van der Waals surface area contributed by atoms with Gasteiger partial charge >= 0.3 is 0 Å². The summed E-state index contributed by atoms with van der Waals surface area (Å²) in [4.78, 5) is 0. The van der Waals surface area contributed by atoms with E-state index >= 15 is 0 Å². The fourth-order valence-electron chi connectivity index (χ4n) is 3.23. The molecular formula is C32H68O13Si. The van der Waals surface area contributed by atoms with Crippen molar-refractivity contribution in [3.05, 3.63) is 0 Å². The van der Waals surface area contributed by atoms with E-state index in [1.807, 2.05) is 0 Å². The maximum Gasteiger partial charge on any atom is 0.183 e. The molecule has 1 atom stereocenters. The summed E-state index contributed by atoms with van der Waals surface area (Å²) >= 11 is 0. The maximum absolute atomic E-state index is 5.72. The highest BCUT2D eigenvalue weighted by Gasteiger charge is 2.13. The fourth-order valence-corrected chi connectivity index (χ4v) is 3.92. The predicted molar refractivity (Wildman–Crippen MR) is 179 cm³/mol. The standard InChI is InChI=1S/C32H68O13Si/c1-6-32(2)31-44-28-27-42-24-23-40-20-19-38-16-15-36-12-11-34-8-7-33-9-10-35-13-14-37-17-18-39-21-22-41-25-26-43-29-30-45-46(3,4)5/h32H,6-31H2,1-5H3. The van der Waals surface area contributed by atoms with Crippen LogP contribution >= 0.6 is 0 Å². The average molecular weight is 689 g/mol. The van der Waals surface area contributed by atoms with Gasteiger partial charge in [0.1, 0.15) is 0 Å². The molecule has 0 saturated heterocycles. The Hall–Kier alpha value is -0.303. The molecule has 13 nitrogen and oxygen atoms in total. The molecule has 14 heteroatoms. The SMILES string of the molecule is CCC(C)COCCOCCOCCOCCOCCOCCOCCOCCOCCOCCOCCOCCO[Si](C)(C)C. The van der Waals surface area contributed by atoms with Crippen LogP contribution in [0.5, 0.6) is 0 Å². The van der Waals surface area contributed by atoms with Crippen molar-refractivity contribution in [2.24, 2.45) is 5.92 Å². The lowest BCUT2D eigenvalue weighted by molar-refractivity contribution is -0.0288. The van der Waals surface area contributed by atoms with Crippen molar-refractivity contribution in [1.29, 1.82) is 0 Å². The van der Waals surface area contributed by atoms with Crippen molar-refractivity contribution in [3.8, 4) is 0 Å². The van der Waals surface area contributed by atoms with E-state index in [-0.39, 0.29) is 0 Å². The van der Waals surface area contributed by atoms with Gasteiger partial charge in [-0.15, -0.1) is 0 Å². The highest BCUT2D eigenvalue weighted by molar-refractivity contribution is 6.69. The van der Waals surface area contributed by atoms with Gasteiger partial charge in [0.2, 0.25) is 0 Å². The minimum Gasteiger partial charge on any atom is -0.415 e. The van der Waals surface area contributed by atoms with Gasteiger partial charge in [0, 0.05) is 6.61 Å². The molecule has 0 saturated carbocycles. The zero-order valence-corrected chi connectivity index (χ0v) is 30.8. The van der Waals surface area contributed by atoms with Crippen molar-refractivity contribution >= 4 is 8.32 Å². The van der Waals surface area contributed by atoms with Crippen LogP contribution in [-0.4, -0.2) is 173 Å². The number of ether oxygens (including phenoxy) is 12. The molecule has 0 radical (unpaired) electrons. The molecule has 0 rings (SSSR count). The van der Waals surface area contributed by atoms with Crippen LogP contribution in [-0.2, 0) is 61.3 Å². The van der Waals surface area contributed by atoms with E-state index in [4.69, 9.17) is 61.3 Å². The molecule has 0 aromatic heterocycles. The average Bonchev–Trinajstić information content (AvgIpc) is 3.03. The second kappa shape index (κ2) is 37.5. The van der Waals surface area contributed by atoms with E-state index in [9.17, 15) is 0 Å². The molecule has 0 aliphatic carbocycles. The maximum atomic E-state index is 5.72. The molecule has 0 aromatic carbocycles. The van der Waals surface area contributed by atoms with Gasteiger partial charge in [-0.1, -0.05) is 20.3 Å². The highest BCUT2D eigenvalue weighted by Crippen LogP contribution is 2.01. The summed E-state index contributed by atoms with van der Waals surface area (Å²) in [6, 6.07) is 0. The third-order valence-electron chi connectivity index (χ3n) is 5.95. The summed E-state index contributed by atoms with van der Waals surface area (Å²) in [5, 5.41) is 0. The number of hydrogen-bond acceptors (Lipinski definition) is 13. The Morgan fingerprint density at radius 3 is 0.717 bits per heavy atom. The monoisotopic (exact) mass is 688 g/mol. The summed E-state index contributed by atoms with van der Waals surface area (Å²) in [6.45, 7) is 24.7. The second-order valence-corrected chi connectivity index (χ2v) is 15.8. The molecule has 0 N–H and O–H groups in total. The molecule has 0 amide bonds. The molecule has 0 heterocycles. The zero-order valence-electron chi connectivity index (χ0n) is 29.8. The van der Waals surface area contributed by atoms with Crippen LogP contribution in [0, 0.1) is 5.92 Å². The molecule has 278 valence electrons. The third kappa shape index (κ3) is 41.7. The third-order valence-corrected chi connectivity index (χ3v) is 7.02. The van der Waals surface area contributed by atoms with Gasteiger partial charge in [-0.25, -0.2) is 0 Å². The van der Waals surface area contributed by atoms with Crippen molar-refractivity contribution in [3.63, 3.8) is 0 Å².